The molecule has 0 radical (unpaired) electrons. The molecule has 0 amide bonds. The van der Waals surface area contributed by atoms with Crippen LogP contribution in [0.3, 0.4) is 0 Å². The van der Waals surface area contributed by atoms with E-state index < -0.39 is 0 Å². The zero-order chi connectivity index (χ0) is 5.91. The van der Waals surface area contributed by atoms with Gasteiger partial charge in [-0.2, -0.15) is 25.3 Å². The molecule has 0 atom stereocenters. The zero-order valence-electron chi connectivity index (χ0n) is 4.81. The van der Waals surface area contributed by atoms with Gasteiger partial charge in [0, 0.05) is 0 Å². The summed E-state index contributed by atoms with van der Waals surface area (Å²) in [5, 5.41) is 0. The van der Waals surface area contributed by atoms with Gasteiger partial charge in [-0.05, 0) is 12.8 Å². The summed E-state index contributed by atoms with van der Waals surface area (Å²) in [5.41, 5.74) is 0. The van der Waals surface area contributed by atoms with Crippen LogP contribution in [-0.2, 0) is 0 Å². The van der Waals surface area contributed by atoms with Crippen molar-refractivity contribution in [2.45, 2.75) is 30.8 Å². The summed E-state index contributed by atoms with van der Waals surface area (Å²) in [7, 11) is 0. The molecule has 0 saturated carbocycles. The van der Waals surface area contributed by atoms with Crippen molar-refractivity contribution in [1.29, 1.82) is 0 Å². The quantitative estimate of drug-likeness (QED) is 0.422. The molecule has 0 bridgehead atoms. The summed E-state index contributed by atoms with van der Waals surface area (Å²) in [6, 6.07) is 0. The lowest BCUT2D eigenvalue weighted by molar-refractivity contribution is 0.750. The van der Waals surface area contributed by atoms with Gasteiger partial charge in [0.2, 0.25) is 0 Å². The molecule has 0 aromatic carbocycles. The normalized spacial score (nSPS) is 12.0. The van der Waals surface area contributed by atoms with Crippen molar-refractivity contribution in [3.05, 3.63) is 0 Å². The van der Waals surface area contributed by atoms with Crippen molar-refractivity contribution in [3.8, 4) is 0 Å². The molecular formula is C5H12S2. The van der Waals surface area contributed by atoms with Crippen LogP contribution in [0.15, 0.2) is 0 Å². The van der Waals surface area contributed by atoms with Gasteiger partial charge in [0.15, 0.2) is 0 Å². The first kappa shape index (κ1) is 7.70. The van der Waals surface area contributed by atoms with E-state index >= 15 is 0 Å². The summed E-state index contributed by atoms with van der Waals surface area (Å²) in [5.74, 6) is 0. The third-order valence-electron chi connectivity index (χ3n) is 1.13. The Balaban J connectivity index is 3.36. The summed E-state index contributed by atoms with van der Waals surface area (Å²) in [6.07, 6.45) is 2.05. The van der Waals surface area contributed by atoms with Gasteiger partial charge in [0.05, 0.1) is 4.08 Å². The average molecular weight is 136 g/mol. The maximum atomic E-state index is 4.25. The first-order chi connectivity index (χ1) is 3.12. The molecule has 0 aliphatic heterocycles. The molecule has 2 heteroatoms. The van der Waals surface area contributed by atoms with Gasteiger partial charge in [-0.3, -0.25) is 0 Å². The second-order valence-corrected chi connectivity index (χ2v) is 3.75. The highest BCUT2D eigenvalue weighted by Gasteiger charge is 2.12. The Morgan fingerprint density at radius 3 is 1.43 bits per heavy atom. The smallest absolute Gasteiger partial charge is 0.0546 e. The predicted octanol–water partition coefficient (Wildman–Crippen LogP) is 2.36. The fraction of sp³-hybridized carbons (Fsp3) is 1.00. The Bertz CT molecular complexity index is 44.0. The van der Waals surface area contributed by atoms with Gasteiger partial charge in [0.1, 0.15) is 0 Å². The number of hydrogen-bond acceptors (Lipinski definition) is 2. The third kappa shape index (κ3) is 3.30. The number of hydrogen-bond donors (Lipinski definition) is 2. The monoisotopic (exact) mass is 136 g/mol. The molecule has 0 rings (SSSR count). The van der Waals surface area contributed by atoms with Crippen LogP contribution < -0.4 is 0 Å². The Hall–Kier alpha value is 0.700. The highest BCUT2D eigenvalue weighted by Crippen LogP contribution is 2.26. The fourth-order valence-corrected chi connectivity index (χ4v) is 0.250. The van der Waals surface area contributed by atoms with E-state index in [1.54, 1.807) is 0 Å². The lowest BCUT2D eigenvalue weighted by Gasteiger charge is -2.16. The van der Waals surface area contributed by atoms with Crippen molar-refractivity contribution in [1.82, 2.24) is 0 Å². The second kappa shape index (κ2) is 2.88. The summed E-state index contributed by atoms with van der Waals surface area (Å²) in [6.45, 7) is 4.17. The molecule has 0 aliphatic rings. The molecule has 0 aromatic heterocycles. The molecule has 0 aromatic rings. The van der Waals surface area contributed by atoms with Gasteiger partial charge in [-0.25, -0.2) is 0 Å². The molecule has 44 valence electrons. The molecule has 0 spiro atoms. The molecule has 7 heavy (non-hydrogen) atoms. The van der Waals surface area contributed by atoms with E-state index in [4.69, 9.17) is 0 Å². The summed E-state index contributed by atoms with van der Waals surface area (Å²) < 4.78 is -0.0278. The van der Waals surface area contributed by atoms with E-state index in [0.717, 1.165) is 12.8 Å². The third-order valence-corrected chi connectivity index (χ3v) is 2.40. The van der Waals surface area contributed by atoms with E-state index in [2.05, 4.69) is 39.1 Å². The summed E-state index contributed by atoms with van der Waals surface area (Å²) >= 11 is 8.50. The minimum absolute atomic E-state index is 0.0278. The van der Waals surface area contributed by atoms with Crippen LogP contribution in [0.2, 0.25) is 0 Å². The number of rotatable bonds is 2. The maximum absolute atomic E-state index is 4.25. The standard InChI is InChI=1S/C5H12S2/c1-3-5(6,7)4-2/h6-7H,3-4H2,1-2H3. The van der Waals surface area contributed by atoms with Crippen LogP contribution in [0.1, 0.15) is 26.7 Å². The molecular weight excluding hydrogens is 124 g/mol. The van der Waals surface area contributed by atoms with Gasteiger partial charge in [-0.15, -0.1) is 0 Å². The lowest BCUT2D eigenvalue weighted by Crippen LogP contribution is -2.07. The zero-order valence-corrected chi connectivity index (χ0v) is 6.60. The van der Waals surface area contributed by atoms with Crippen LogP contribution in [0.4, 0.5) is 0 Å². The minimum atomic E-state index is -0.0278. The van der Waals surface area contributed by atoms with Crippen LogP contribution in [0, 0.1) is 0 Å². The molecule has 0 unspecified atom stereocenters. The van der Waals surface area contributed by atoms with Crippen LogP contribution in [0.25, 0.3) is 0 Å². The van der Waals surface area contributed by atoms with Crippen molar-refractivity contribution >= 4 is 25.3 Å². The van der Waals surface area contributed by atoms with Crippen LogP contribution in [-0.4, -0.2) is 4.08 Å². The summed E-state index contributed by atoms with van der Waals surface area (Å²) in [4.78, 5) is 0. The Morgan fingerprint density at radius 2 is 1.43 bits per heavy atom. The molecule has 0 saturated heterocycles. The van der Waals surface area contributed by atoms with E-state index in [0.29, 0.717) is 0 Å². The molecule has 0 fully saturated rings. The van der Waals surface area contributed by atoms with Crippen LogP contribution >= 0.6 is 25.3 Å². The molecule has 0 aliphatic carbocycles. The second-order valence-electron chi connectivity index (χ2n) is 1.69. The first-order valence-electron chi connectivity index (χ1n) is 2.57. The van der Waals surface area contributed by atoms with E-state index in [1.165, 1.54) is 0 Å². The average Bonchev–Trinajstić information content (AvgIpc) is 1.68. The van der Waals surface area contributed by atoms with Crippen molar-refractivity contribution < 1.29 is 0 Å². The van der Waals surface area contributed by atoms with E-state index in [9.17, 15) is 0 Å². The van der Waals surface area contributed by atoms with Crippen molar-refractivity contribution in [3.63, 3.8) is 0 Å². The van der Waals surface area contributed by atoms with E-state index in [-0.39, 0.29) is 4.08 Å². The Kier molecular flexibility index (Phi) is 3.16. The molecule has 0 N–H and O–H groups in total. The van der Waals surface area contributed by atoms with Gasteiger partial charge < -0.3 is 0 Å². The maximum Gasteiger partial charge on any atom is 0.0546 e. The Morgan fingerprint density at radius 1 is 1.14 bits per heavy atom. The van der Waals surface area contributed by atoms with Gasteiger partial charge in [0.25, 0.3) is 0 Å². The highest BCUT2D eigenvalue weighted by molar-refractivity contribution is 8.00. The SMILES string of the molecule is CCC(S)(S)CC. The number of thiol groups is 2. The fourth-order valence-electron chi connectivity index (χ4n) is 0.250. The lowest BCUT2D eigenvalue weighted by atomic mass is 10.2. The predicted molar refractivity (Wildman–Crippen MR) is 41.3 cm³/mol. The molecule has 0 nitrogen and oxygen atoms in total. The van der Waals surface area contributed by atoms with Gasteiger partial charge in [-0.1, -0.05) is 13.8 Å². The van der Waals surface area contributed by atoms with Crippen molar-refractivity contribution in [2.75, 3.05) is 0 Å². The largest absolute Gasteiger partial charge is 0.162 e. The minimum Gasteiger partial charge on any atom is -0.162 e. The topological polar surface area (TPSA) is 0 Å². The van der Waals surface area contributed by atoms with Crippen LogP contribution in [0.5, 0.6) is 0 Å². The van der Waals surface area contributed by atoms with E-state index in [1.807, 2.05) is 0 Å². The highest BCUT2D eigenvalue weighted by atomic mass is 32.2. The molecule has 0 heterocycles. The Labute approximate surface area is 56.5 Å². The van der Waals surface area contributed by atoms with Crippen molar-refractivity contribution in [2.24, 2.45) is 0 Å². The van der Waals surface area contributed by atoms with Gasteiger partial charge >= 0.3 is 0 Å². The first-order valence-corrected chi connectivity index (χ1v) is 3.46.